The fourth-order valence-corrected chi connectivity index (χ4v) is 4.35. The number of likely N-dealkylation sites (tertiary alicyclic amines) is 1. The quantitative estimate of drug-likeness (QED) is 0.469. The summed E-state index contributed by atoms with van der Waals surface area (Å²) in [5.74, 6) is 1.03. The molecule has 7 heteroatoms. The molecule has 2 aliphatic rings. The van der Waals surface area contributed by atoms with Gasteiger partial charge < -0.3 is 20.4 Å². The first-order valence-electron chi connectivity index (χ1n) is 13.6. The Labute approximate surface area is 222 Å². The zero-order chi connectivity index (χ0) is 27.2. The lowest BCUT2D eigenvalue weighted by Gasteiger charge is -2.24. The largest absolute Gasteiger partial charge is 0.419 e. The second kappa shape index (κ2) is 15.8. The van der Waals surface area contributed by atoms with Crippen molar-refractivity contribution in [3.63, 3.8) is 0 Å². The van der Waals surface area contributed by atoms with Gasteiger partial charge in [-0.2, -0.15) is 0 Å². The molecule has 0 radical (unpaired) electrons. The summed E-state index contributed by atoms with van der Waals surface area (Å²) in [5, 5.41) is 11.4. The van der Waals surface area contributed by atoms with E-state index in [9.17, 15) is 4.79 Å². The fourth-order valence-electron chi connectivity index (χ4n) is 4.35. The summed E-state index contributed by atoms with van der Waals surface area (Å²) < 4.78 is 5.72. The number of carbonyl (C=O) groups is 1. The van der Waals surface area contributed by atoms with Crippen LogP contribution in [0.3, 0.4) is 0 Å². The highest BCUT2D eigenvalue weighted by Gasteiger charge is 2.28. The van der Waals surface area contributed by atoms with Gasteiger partial charge in [-0.15, -0.1) is 10.2 Å². The van der Waals surface area contributed by atoms with E-state index in [1.807, 2.05) is 51.2 Å². The van der Waals surface area contributed by atoms with E-state index in [1.54, 1.807) is 6.92 Å². The van der Waals surface area contributed by atoms with Gasteiger partial charge in [0.2, 0.25) is 17.7 Å². The average molecular weight is 508 g/mol. The van der Waals surface area contributed by atoms with E-state index in [-0.39, 0.29) is 11.9 Å². The molecule has 3 N–H and O–H groups in total. The van der Waals surface area contributed by atoms with Gasteiger partial charge >= 0.3 is 0 Å². The number of nitrogens with zero attached hydrogens (tertiary/aromatic N) is 3. The minimum absolute atomic E-state index is 0.201. The highest BCUT2D eigenvalue weighted by molar-refractivity contribution is 5.82. The molecule has 2 heterocycles. The smallest absolute Gasteiger partial charge is 0.247 e. The molecule has 1 saturated heterocycles. The Bertz CT molecular complexity index is 1050. The van der Waals surface area contributed by atoms with Crippen molar-refractivity contribution in [2.24, 2.45) is 5.73 Å². The van der Waals surface area contributed by atoms with Crippen LogP contribution in [0.5, 0.6) is 0 Å². The Hall–Kier alpha value is -3.19. The number of hydrogen-bond donors (Lipinski definition) is 2. The van der Waals surface area contributed by atoms with Crippen LogP contribution in [0.2, 0.25) is 0 Å². The van der Waals surface area contributed by atoms with Crippen molar-refractivity contribution in [1.82, 2.24) is 20.4 Å². The average Bonchev–Trinajstić information content (AvgIpc) is 3.54. The summed E-state index contributed by atoms with van der Waals surface area (Å²) in [6, 6.07) is 10.3. The van der Waals surface area contributed by atoms with Gasteiger partial charge in [-0.05, 0) is 50.8 Å². The molecule has 1 amide bonds. The molecular weight excluding hydrogens is 462 g/mol. The Kier molecular flexibility index (Phi) is 12.8. The summed E-state index contributed by atoms with van der Waals surface area (Å²) in [6.45, 7) is 10.9. The summed E-state index contributed by atoms with van der Waals surface area (Å²) in [6.07, 6.45) is 11.6. The monoisotopic (exact) mass is 507 g/mol. The molecular formula is C30H45N5O2. The first-order valence-corrected chi connectivity index (χ1v) is 13.6. The maximum atomic E-state index is 13.0. The minimum Gasteiger partial charge on any atom is -0.419 e. The van der Waals surface area contributed by atoms with Crippen molar-refractivity contribution in [1.29, 1.82) is 0 Å². The van der Waals surface area contributed by atoms with Gasteiger partial charge in [0.15, 0.2) is 0 Å². The molecule has 1 aliphatic carbocycles. The van der Waals surface area contributed by atoms with Crippen LogP contribution in [0.15, 0.2) is 64.2 Å². The number of carbonyl (C=O) groups excluding carboxylic acids is 1. The fraction of sp³-hybridized carbons (Fsp3) is 0.500. The third-order valence-corrected chi connectivity index (χ3v) is 6.27. The second-order valence-electron chi connectivity index (χ2n) is 9.24. The van der Waals surface area contributed by atoms with Gasteiger partial charge in [0.25, 0.3) is 0 Å². The number of rotatable bonds is 7. The van der Waals surface area contributed by atoms with Crippen LogP contribution < -0.4 is 11.1 Å². The lowest BCUT2D eigenvalue weighted by atomic mass is 10.1. The SMILES string of the molecule is CC.CCC[C@H]1CCCN1C(=O)CC1=CCC(NC)=CC(c2nnc(C(C)N)o2)=C1.Cc1ccccc1. The molecule has 0 spiro atoms. The van der Waals surface area contributed by atoms with Crippen LogP contribution in [0.4, 0.5) is 0 Å². The van der Waals surface area contributed by atoms with E-state index < -0.39 is 0 Å². The van der Waals surface area contributed by atoms with E-state index in [0.717, 1.165) is 55.5 Å². The lowest BCUT2D eigenvalue weighted by Crippen LogP contribution is -2.35. The van der Waals surface area contributed by atoms with Crippen molar-refractivity contribution in [2.45, 2.75) is 85.2 Å². The number of benzene rings is 1. The standard InChI is InChI=1S/C21H31N5O2.C7H8.C2H6/c1-4-6-18-7-5-10-26(18)19(27)12-15-8-9-17(23-3)13-16(11-15)21-25-24-20(28-21)14(2)22;1-7-5-3-2-4-6-7;1-2/h8,11,13-14,18,23H,4-7,9-10,12,22H2,1-3H3;2-6H,1H3;1-2H3/t14?,18-;;/m0../s1. The summed E-state index contributed by atoms with van der Waals surface area (Å²) in [4.78, 5) is 15.0. The van der Waals surface area contributed by atoms with Gasteiger partial charge in [0.05, 0.1) is 12.5 Å². The van der Waals surface area contributed by atoms with Crippen LogP contribution in [0.1, 0.15) is 89.6 Å². The van der Waals surface area contributed by atoms with E-state index in [4.69, 9.17) is 10.2 Å². The number of hydrogen-bond acceptors (Lipinski definition) is 6. The molecule has 4 rings (SSSR count). The molecule has 1 aliphatic heterocycles. The Morgan fingerprint density at radius 1 is 1.22 bits per heavy atom. The lowest BCUT2D eigenvalue weighted by molar-refractivity contribution is -0.131. The number of nitrogens with two attached hydrogens (primary N) is 1. The third kappa shape index (κ3) is 9.32. The Balaban J connectivity index is 0.000000455. The Morgan fingerprint density at radius 3 is 2.51 bits per heavy atom. The van der Waals surface area contributed by atoms with E-state index in [0.29, 0.717) is 24.2 Å². The van der Waals surface area contributed by atoms with Gasteiger partial charge in [-0.25, -0.2) is 0 Å². The number of aromatic nitrogens is 2. The van der Waals surface area contributed by atoms with E-state index in [1.165, 1.54) is 5.56 Å². The van der Waals surface area contributed by atoms with E-state index in [2.05, 4.69) is 52.5 Å². The molecule has 202 valence electrons. The van der Waals surface area contributed by atoms with Crippen molar-refractivity contribution in [2.75, 3.05) is 13.6 Å². The van der Waals surface area contributed by atoms with Gasteiger partial charge in [0.1, 0.15) is 0 Å². The molecule has 1 aromatic carbocycles. The maximum absolute atomic E-state index is 13.0. The predicted molar refractivity (Wildman–Crippen MR) is 152 cm³/mol. The molecule has 37 heavy (non-hydrogen) atoms. The first-order chi connectivity index (χ1) is 17.9. The van der Waals surface area contributed by atoms with Crippen molar-refractivity contribution < 1.29 is 9.21 Å². The van der Waals surface area contributed by atoms with Gasteiger partial charge in [0, 0.05) is 37.3 Å². The zero-order valence-electron chi connectivity index (χ0n) is 23.5. The van der Waals surface area contributed by atoms with Crippen molar-refractivity contribution in [3.8, 4) is 0 Å². The zero-order valence-corrected chi connectivity index (χ0v) is 23.5. The van der Waals surface area contributed by atoms with Gasteiger partial charge in [-0.3, -0.25) is 4.79 Å². The summed E-state index contributed by atoms with van der Waals surface area (Å²) >= 11 is 0. The minimum atomic E-state index is -0.317. The van der Waals surface area contributed by atoms with Crippen molar-refractivity contribution in [3.05, 3.63) is 77.2 Å². The number of amides is 1. The molecule has 0 saturated carbocycles. The number of aryl methyl sites for hydroxylation is 1. The van der Waals surface area contributed by atoms with Crippen LogP contribution in [0.25, 0.3) is 5.57 Å². The molecule has 1 fully saturated rings. The predicted octanol–water partition coefficient (Wildman–Crippen LogP) is 6.11. The summed E-state index contributed by atoms with van der Waals surface area (Å²) in [7, 11) is 1.88. The van der Waals surface area contributed by atoms with E-state index >= 15 is 0 Å². The van der Waals surface area contributed by atoms with Crippen LogP contribution >= 0.6 is 0 Å². The molecule has 1 aromatic heterocycles. The van der Waals surface area contributed by atoms with Crippen LogP contribution in [-0.2, 0) is 4.79 Å². The normalized spacial score (nSPS) is 17.6. The molecule has 7 nitrogen and oxygen atoms in total. The number of nitrogens with one attached hydrogen (secondary N) is 1. The van der Waals surface area contributed by atoms with Crippen LogP contribution in [0, 0.1) is 6.92 Å². The third-order valence-electron chi connectivity index (χ3n) is 6.27. The molecule has 0 bridgehead atoms. The molecule has 2 atom stereocenters. The molecule has 2 aromatic rings. The second-order valence-corrected chi connectivity index (χ2v) is 9.24. The Morgan fingerprint density at radius 2 is 1.95 bits per heavy atom. The summed E-state index contributed by atoms with van der Waals surface area (Å²) in [5.41, 5.74) is 9.96. The first kappa shape index (κ1) is 30.0. The molecule has 1 unspecified atom stereocenters. The highest BCUT2D eigenvalue weighted by atomic mass is 16.4. The maximum Gasteiger partial charge on any atom is 0.247 e. The number of allylic oxidation sites excluding steroid dienone is 4. The van der Waals surface area contributed by atoms with Crippen molar-refractivity contribution >= 4 is 11.5 Å². The highest BCUT2D eigenvalue weighted by Crippen LogP contribution is 2.27. The van der Waals surface area contributed by atoms with Crippen LogP contribution in [-0.4, -0.2) is 40.6 Å². The van der Waals surface area contributed by atoms with Gasteiger partial charge in [-0.1, -0.05) is 69.2 Å². The topological polar surface area (TPSA) is 97.3 Å².